The molecule has 0 spiro atoms. The molecule has 2 heteroatoms. The van der Waals surface area contributed by atoms with Crippen molar-refractivity contribution in [1.29, 1.82) is 0 Å². The zero-order valence-electron chi connectivity index (χ0n) is 13.3. The first-order chi connectivity index (χ1) is 8.41. The van der Waals surface area contributed by atoms with Crippen molar-refractivity contribution in [1.82, 2.24) is 10.2 Å². The molecule has 0 aromatic rings. The second kappa shape index (κ2) is 6.91. The van der Waals surface area contributed by atoms with Gasteiger partial charge >= 0.3 is 0 Å². The van der Waals surface area contributed by atoms with E-state index < -0.39 is 0 Å². The molecule has 0 radical (unpaired) electrons. The van der Waals surface area contributed by atoms with Crippen molar-refractivity contribution < 1.29 is 0 Å². The Balaban J connectivity index is 2.49. The van der Waals surface area contributed by atoms with Gasteiger partial charge in [-0.2, -0.15) is 0 Å². The van der Waals surface area contributed by atoms with Gasteiger partial charge in [0.15, 0.2) is 0 Å². The molecular weight excluding hydrogens is 220 g/mol. The van der Waals surface area contributed by atoms with Gasteiger partial charge in [0, 0.05) is 13.1 Å². The van der Waals surface area contributed by atoms with Crippen molar-refractivity contribution in [3.63, 3.8) is 0 Å². The first kappa shape index (κ1) is 16.0. The lowest BCUT2D eigenvalue weighted by molar-refractivity contribution is 0.155. The van der Waals surface area contributed by atoms with Gasteiger partial charge in [-0.15, -0.1) is 0 Å². The van der Waals surface area contributed by atoms with Crippen LogP contribution < -0.4 is 5.32 Å². The highest BCUT2D eigenvalue weighted by molar-refractivity contribution is 4.83. The largest absolute Gasteiger partial charge is 0.316 e. The summed E-state index contributed by atoms with van der Waals surface area (Å²) in [5.41, 5.74) is 0.990. The Bertz CT molecular complexity index is 237. The van der Waals surface area contributed by atoms with Crippen LogP contribution >= 0.6 is 0 Å². The summed E-state index contributed by atoms with van der Waals surface area (Å²) < 4.78 is 0. The summed E-state index contributed by atoms with van der Waals surface area (Å²) in [6.45, 7) is 17.9. The summed E-state index contributed by atoms with van der Waals surface area (Å²) in [7, 11) is 0. The molecule has 0 aromatic heterocycles. The van der Waals surface area contributed by atoms with E-state index in [1.165, 1.54) is 45.3 Å². The zero-order valence-corrected chi connectivity index (χ0v) is 13.3. The van der Waals surface area contributed by atoms with Gasteiger partial charge in [-0.05, 0) is 56.1 Å². The van der Waals surface area contributed by atoms with E-state index in [-0.39, 0.29) is 0 Å². The van der Waals surface area contributed by atoms with Gasteiger partial charge < -0.3 is 10.2 Å². The SMILES string of the molecule is CCNCC(C)(CC)CN1CCCC(C)(C)CC1. The van der Waals surface area contributed by atoms with Gasteiger partial charge in [0.1, 0.15) is 0 Å². The Morgan fingerprint density at radius 2 is 1.89 bits per heavy atom. The molecule has 1 aliphatic rings. The number of likely N-dealkylation sites (tertiary alicyclic amines) is 1. The lowest BCUT2D eigenvalue weighted by atomic mass is 9.85. The molecule has 0 amide bonds. The molecule has 1 atom stereocenters. The van der Waals surface area contributed by atoms with Crippen LogP contribution in [0.3, 0.4) is 0 Å². The number of rotatable bonds is 6. The minimum Gasteiger partial charge on any atom is -0.316 e. The van der Waals surface area contributed by atoms with E-state index in [1.54, 1.807) is 0 Å². The van der Waals surface area contributed by atoms with Crippen LogP contribution in [-0.4, -0.2) is 37.6 Å². The van der Waals surface area contributed by atoms with E-state index >= 15 is 0 Å². The highest BCUT2D eigenvalue weighted by Gasteiger charge is 2.28. The maximum absolute atomic E-state index is 3.53. The fourth-order valence-electron chi connectivity index (χ4n) is 2.90. The molecule has 1 rings (SSSR count). The summed E-state index contributed by atoms with van der Waals surface area (Å²) in [6.07, 6.45) is 5.38. The molecule has 1 fully saturated rings. The standard InChI is InChI=1S/C16H34N2/c1-6-16(5,13-17-7-2)14-18-11-8-9-15(3,4)10-12-18/h17H,6-14H2,1-5H3. The van der Waals surface area contributed by atoms with E-state index in [0.717, 1.165) is 13.1 Å². The van der Waals surface area contributed by atoms with Crippen molar-refractivity contribution in [3.05, 3.63) is 0 Å². The maximum atomic E-state index is 3.53. The van der Waals surface area contributed by atoms with Crippen molar-refractivity contribution in [3.8, 4) is 0 Å². The second-order valence-corrected chi connectivity index (χ2v) is 7.24. The summed E-state index contributed by atoms with van der Waals surface area (Å²) >= 11 is 0. The maximum Gasteiger partial charge on any atom is 0.00474 e. The van der Waals surface area contributed by atoms with Gasteiger partial charge in [-0.1, -0.05) is 34.6 Å². The minimum atomic E-state index is 0.435. The molecule has 1 aliphatic heterocycles. The molecule has 0 bridgehead atoms. The van der Waals surface area contributed by atoms with Crippen LogP contribution in [0.15, 0.2) is 0 Å². The normalized spacial score (nSPS) is 24.5. The fraction of sp³-hybridized carbons (Fsp3) is 1.00. The number of nitrogens with one attached hydrogen (secondary N) is 1. The monoisotopic (exact) mass is 254 g/mol. The summed E-state index contributed by atoms with van der Waals surface area (Å²) in [5.74, 6) is 0. The van der Waals surface area contributed by atoms with Gasteiger partial charge in [0.05, 0.1) is 0 Å². The van der Waals surface area contributed by atoms with Crippen LogP contribution in [0.2, 0.25) is 0 Å². The Hall–Kier alpha value is -0.0800. The Kier molecular flexibility index (Phi) is 6.13. The van der Waals surface area contributed by atoms with Crippen LogP contribution in [0.25, 0.3) is 0 Å². The lowest BCUT2D eigenvalue weighted by Crippen LogP contribution is -2.42. The molecule has 1 saturated heterocycles. The quantitative estimate of drug-likeness (QED) is 0.780. The molecule has 1 N–H and O–H groups in total. The van der Waals surface area contributed by atoms with Crippen molar-refractivity contribution >= 4 is 0 Å². The molecule has 0 saturated carbocycles. The van der Waals surface area contributed by atoms with Crippen molar-refractivity contribution in [2.24, 2.45) is 10.8 Å². The average Bonchev–Trinajstić information content (AvgIpc) is 2.48. The molecule has 108 valence electrons. The van der Waals surface area contributed by atoms with E-state index in [9.17, 15) is 0 Å². The van der Waals surface area contributed by atoms with Crippen molar-refractivity contribution in [2.45, 2.75) is 60.3 Å². The number of nitrogens with zero attached hydrogens (tertiary/aromatic N) is 1. The van der Waals surface area contributed by atoms with Crippen LogP contribution in [0.5, 0.6) is 0 Å². The Labute approximate surface area is 115 Å². The predicted octanol–water partition coefficient (Wildman–Crippen LogP) is 3.52. The average molecular weight is 254 g/mol. The number of hydrogen-bond donors (Lipinski definition) is 1. The summed E-state index contributed by atoms with van der Waals surface area (Å²) in [6, 6.07) is 0. The summed E-state index contributed by atoms with van der Waals surface area (Å²) in [5, 5.41) is 3.53. The third-order valence-corrected chi connectivity index (χ3v) is 4.69. The smallest absolute Gasteiger partial charge is 0.00474 e. The highest BCUT2D eigenvalue weighted by atomic mass is 15.1. The molecule has 18 heavy (non-hydrogen) atoms. The molecule has 1 heterocycles. The van der Waals surface area contributed by atoms with Gasteiger partial charge in [-0.3, -0.25) is 0 Å². The summed E-state index contributed by atoms with van der Waals surface area (Å²) in [4.78, 5) is 2.70. The third kappa shape index (κ3) is 5.27. The Morgan fingerprint density at radius 3 is 2.50 bits per heavy atom. The van der Waals surface area contributed by atoms with Gasteiger partial charge in [0.25, 0.3) is 0 Å². The first-order valence-corrected chi connectivity index (χ1v) is 7.84. The third-order valence-electron chi connectivity index (χ3n) is 4.69. The van der Waals surface area contributed by atoms with Crippen LogP contribution in [-0.2, 0) is 0 Å². The van der Waals surface area contributed by atoms with E-state index in [1.807, 2.05) is 0 Å². The second-order valence-electron chi connectivity index (χ2n) is 7.24. The van der Waals surface area contributed by atoms with Crippen LogP contribution in [0.4, 0.5) is 0 Å². The van der Waals surface area contributed by atoms with Gasteiger partial charge in [0.2, 0.25) is 0 Å². The van der Waals surface area contributed by atoms with E-state index in [4.69, 9.17) is 0 Å². The molecule has 0 aliphatic carbocycles. The van der Waals surface area contributed by atoms with Gasteiger partial charge in [-0.25, -0.2) is 0 Å². The van der Waals surface area contributed by atoms with Crippen molar-refractivity contribution in [2.75, 3.05) is 32.7 Å². The minimum absolute atomic E-state index is 0.435. The number of hydrogen-bond acceptors (Lipinski definition) is 2. The molecule has 0 aromatic carbocycles. The topological polar surface area (TPSA) is 15.3 Å². The fourth-order valence-corrected chi connectivity index (χ4v) is 2.90. The van der Waals surface area contributed by atoms with Crippen LogP contribution in [0, 0.1) is 10.8 Å². The Morgan fingerprint density at radius 1 is 1.17 bits per heavy atom. The van der Waals surface area contributed by atoms with Crippen LogP contribution in [0.1, 0.15) is 60.3 Å². The van der Waals surface area contributed by atoms with E-state index in [0.29, 0.717) is 10.8 Å². The predicted molar refractivity (Wildman–Crippen MR) is 81.0 cm³/mol. The molecular formula is C16H34N2. The highest BCUT2D eigenvalue weighted by Crippen LogP contribution is 2.31. The molecule has 2 nitrogen and oxygen atoms in total. The zero-order chi connectivity index (χ0) is 13.6. The van der Waals surface area contributed by atoms with E-state index in [2.05, 4.69) is 44.8 Å². The lowest BCUT2D eigenvalue weighted by Gasteiger charge is -2.35. The molecule has 1 unspecified atom stereocenters. The first-order valence-electron chi connectivity index (χ1n) is 7.84.